The topological polar surface area (TPSA) is 26.1 Å². The summed E-state index contributed by atoms with van der Waals surface area (Å²) in [5, 5.41) is 0. The summed E-state index contributed by atoms with van der Waals surface area (Å²) in [6.45, 7) is 0. The molecule has 3 heteroatoms. The molecule has 0 unspecified atom stereocenters. The third-order valence-corrected chi connectivity index (χ3v) is 10.8. The number of para-hydroxylation sites is 2. The van der Waals surface area contributed by atoms with Crippen LogP contribution in [0.3, 0.4) is 0 Å². The van der Waals surface area contributed by atoms with Crippen LogP contribution in [0.5, 0.6) is 0 Å². The van der Waals surface area contributed by atoms with Crippen molar-refractivity contribution in [1.29, 1.82) is 0 Å². The van der Waals surface area contributed by atoms with Crippen LogP contribution >= 0.6 is 0 Å². The maximum atomic E-state index is 4.23. The fourth-order valence-electron chi connectivity index (χ4n) is 3.46. The SMILES string of the molecule is c1cc[c]([Ge]([c]2ccccc2)[c]2ccccc2)cc1.c1ccc([N-]Nc2ccccc2)cc1. The molecule has 0 aromatic heterocycles. The molecule has 161 valence electrons. The molecule has 5 aromatic rings. The molecule has 0 heterocycles. The van der Waals surface area contributed by atoms with E-state index in [1.807, 2.05) is 60.7 Å². The number of benzene rings is 5. The number of nitrogens with one attached hydrogen (secondary N) is 1. The van der Waals surface area contributed by atoms with Crippen molar-refractivity contribution >= 4 is 38.9 Å². The second-order valence-corrected chi connectivity index (χ2v) is 12.6. The first-order chi connectivity index (χ1) is 16.4. The number of anilines is 1. The van der Waals surface area contributed by atoms with Gasteiger partial charge in [0, 0.05) is 5.69 Å². The predicted octanol–water partition coefficient (Wildman–Crippen LogP) is 5.92. The molecule has 0 amide bonds. The Labute approximate surface area is 201 Å². The van der Waals surface area contributed by atoms with Crippen molar-refractivity contribution in [2.45, 2.75) is 0 Å². The van der Waals surface area contributed by atoms with Crippen LogP contribution in [-0.2, 0) is 0 Å². The van der Waals surface area contributed by atoms with Crippen molar-refractivity contribution in [3.8, 4) is 0 Å². The predicted molar refractivity (Wildman–Crippen MR) is 144 cm³/mol. The minimum atomic E-state index is -1.63. The molecule has 0 aliphatic carbocycles. The molecule has 0 aliphatic rings. The number of rotatable bonds is 6. The quantitative estimate of drug-likeness (QED) is 0.234. The van der Waals surface area contributed by atoms with E-state index in [9.17, 15) is 0 Å². The van der Waals surface area contributed by atoms with Gasteiger partial charge < -0.3 is 10.9 Å². The van der Waals surface area contributed by atoms with Gasteiger partial charge in [0.15, 0.2) is 0 Å². The average Bonchev–Trinajstić information content (AvgIpc) is 2.91. The van der Waals surface area contributed by atoms with Crippen molar-refractivity contribution in [3.63, 3.8) is 0 Å². The van der Waals surface area contributed by atoms with Crippen LogP contribution in [0.2, 0.25) is 0 Å². The Balaban J connectivity index is 0.000000165. The summed E-state index contributed by atoms with van der Waals surface area (Å²) in [6, 6.07) is 52.5. The van der Waals surface area contributed by atoms with E-state index in [1.54, 1.807) is 0 Å². The monoisotopic (exact) mass is 488 g/mol. The maximum Gasteiger partial charge on any atom is 0.0206 e. The zero-order valence-corrected chi connectivity index (χ0v) is 20.5. The minimum absolute atomic E-state index is 0.927. The van der Waals surface area contributed by atoms with Gasteiger partial charge >= 0.3 is 119 Å². The molecule has 0 aliphatic heterocycles. The van der Waals surface area contributed by atoms with Crippen LogP contribution in [-0.4, -0.2) is 14.3 Å². The second kappa shape index (κ2) is 12.3. The van der Waals surface area contributed by atoms with Crippen molar-refractivity contribution in [2.24, 2.45) is 0 Å². The van der Waals surface area contributed by atoms with Gasteiger partial charge in [-0.15, -0.1) is 5.69 Å². The van der Waals surface area contributed by atoms with Crippen molar-refractivity contribution in [2.75, 3.05) is 5.43 Å². The summed E-state index contributed by atoms with van der Waals surface area (Å²) in [5.41, 5.74) is 9.14. The van der Waals surface area contributed by atoms with E-state index in [4.69, 9.17) is 0 Å². The Bertz CT molecular complexity index is 1050. The zero-order valence-electron chi connectivity index (χ0n) is 18.4. The van der Waals surface area contributed by atoms with Gasteiger partial charge in [0.2, 0.25) is 0 Å². The van der Waals surface area contributed by atoms with Gasteiger partial charge in [-0.3, -0.25) is 0 Å². The van der Waals surface area contributed by atoms with Crippen molar-refractivity contribution < 1.29 is 0 Å². The normalized spacial score (nSPS) is 10.1. The first-order valence-electron chi connectivity index (χ1n) is 11.0. The molecule has 0 saturated carbocycles. The molecule has 2 nitrogen and oxygen atoms in total. The molecule has 5 rings (SSSR count). The Kier molecular flexibility index (Phi) is 8.38. The molecule has 0 bridgehead atoms. The van der Waals surface area contributed by atoms with Gasteiger partial charge in [0.05, 0.1) is 0 Å². The third kappa shape index (κ3) is 6.86. The summed E-state index contributed by atoms with van der Waals surface area (Å²) in [5.74, 6) is 0. The fourth-order valence-corrected chi connectivity index (χ4v) is 8.87. The molecule has 0 spiro atoms. The summed E-state index contributed by atoms with van der Waals surface area (Å²) < 4.78 is 4.50. The second-order valence-electron chi connectivity index (χ2n) is 7.40. The van der Waals surface area contributed by atoms with Crippen molar-refractivity contribution in [3.05, 3.63) is 157 Å². The molecular weight excluding hydrogens is 461 g/mol. The van der Waals surface area contributed by atoms with E-state index < -0.39 is 14.3 Å². The summed E-state index contributed by atoms with van der Waals surface area (Å²) in [7, 11) is 0. The molecule has 0 saturated heterocycles. The molecule has 0 fully saturated rings. The summed E-state index contributed by atoms with van der Waals surface area (Å²) in [6.07, 6.45) is 0. The largest absolute Gasteiger partial charge is 0.598 e. The molecular formula is C30H26GeN2-. The van der Waals surface area contributed by atoms with E-state index >= 15 is 0 Å². The maximum absolute atomic E-state index is 4.23. The Morgan fingerprint density at radius 3 is 1.12 bits per heavy atom. The van der Waals surface area contributed by atoms with Crippen molar-refractivity contribution in [1.82, 2.24) is 0 Å². The molecule has 0 atom stereocenters. The van der Waals surface area contributed by atoms with Crippen LogP contribution in [0, 0.1) is 0 Å². The van der Waals surface area contributed by atoms with Gasteiger partial charge in [0.1, 0.15) is 0 Å². The van der Waals surface area contributed by atoms with E-state index in [2.05, 4.69) is 102 Å². The molecule has 1 N–H and O–H groups in total. The number of hydrogen-bond donors (Lipinski definition) is 1. The number of nitrogens with zero attached hydrogens (tertiary/aromatic N) is 1. The van der Waals surface area contributed by atoms with Crippen LogP contribution in [0.15, 0.2) is 152 Å². The van der Waals surface area contributed by atoms with Crippen LogP contribution in [0.1, 0.15) is 0 Å². The first kappa shape index (κ1) is 22.4. The van der Waals surface area contributed by atoms with Gasteiger partial charge in [-0.2, -0.15) is 0 Å². The smallest absolute Gasteiger partial charge is 0.0206 e. The van der Waals surface area contributed by atoms with Crippen LogP contribution in [0.4, 0.5) is 11.4 Å². The van der Waals surface area contributed by atoms with Gasteiger partial charge in [-0.25, -0.2) is 0 Å². The Hall–Kier alpha value is -3.76. The summed E-state index contributed by atoms with van der Waals surface area (Å²) in [4.78, 5) is 0. The molecule has 5 aromatic carbocycles. The molecule has 33 heavy (non-hydrogen) atoms. The fraction of sp³-hybridized carbons (Fsp3) is 0. The van der Waals surface area contributed by atoms with E-state index in [0.717, 1.165) is 11.4 Å². The van der Waals surface area contributed by atoms with E-state index in [0.29, 0.717) is 0 Å². The standard InChI is InChI=1S/C18H15Ge.C12H11N2/c1-4-10-16(11-5-1)19(17-12-6-2-7-13-17)18-14-8-3-9-15-18;1-3-7-11(8-4-1)13-14-12-9-5-2-6-10-12/h1-15H;1-10,13H/q;-1. The van der Waals surface area contributed by atoms with E-state index in [-0.39, 0.29) is 0 Å². The zero-order chi connectivity index (χ0) is 22.6. The summed E-state index contributed by atoms with van der Waals surface area (Å²) >= 11 is -1.63. The van der Waals surface area contributed by atoms with E-state index in [1.165, 1.54) is 13.2 Å². The van der Waals surface area contributed by atoms with Crippen LogP contribution < -0.4 is 18.6 Å². The minimum Gasteiger partial charge on any atom is -0.598 e. The molecule has 1 radical (unpaired) electrons. The Morgan fingerprint density at radius 2 is 0.727 bits per heavy atom. The van der Waals surface area contributed by atoms with Gasteiger partial charge in [0.25, 0.3) is 0 Å². The van der Waals surface area contributed by atoms with Crippen LogP contribution in [0.25, 0.3) is 5.43 Å². The van der Waals surface area contributed by atoms with Gasteiger partial charge in [-0.05, 0) is 12.1 Å². The third-order valence-electron chi connectivity index (χ3n) is 5.03. The Morgan fingerprint density at radius 1 is 0.394 bits per heavy atom. The first-order valence-corrected chi connectivity index (χ1v) is 14.1. The van der Waals surface area contributed by atoms with Gasteiger partial charge in [-0.1, -0.05) is 48.5 Å². The average molecular weight is 487 g/mol. The number of hydrogen-bond acceptors (Lipinski definition) is 1.